The SMILES string of the molecule is O=C1CCc2c(Oc3ccc(O)c([C@@H]4[C@@H]5C[C@@]45NC(=O)c4cccc(C(F)(F)F)c4)c3)ccnc2N1. The van der Waals surface area contributed by atoms with E-state index in [1.165, 1.54) is 24.4 Å². The van der Waals surface area contributed by atoms with Crippen molar-refractivity contribution in [1.82, 2.24) is 10.3 Å². The van der Waals surface area contributed by atoms with Crippen LogP contribution in [0.25, 0.3) is 0 Å². The number of pyridine rings is 1. The smallest absolute Gasteiger partial charge is 0.416 e. The van der Waals surface area contributed by atoms with Gasteiger partial charge in [0, 0.05) is 35.2 Å². The van der Waals surface area contributed by atoms with Gasteiger partial charge in [-0.05, 0) is 61.2 Å². The summed E-state index contributed by atoms with van der Waals surface area (Å²) in [7, 11) is 0. The van der Waals surface area contributed by atoms with E-state index in [9.17, 15) is 27.9 Å². The zero-order chi connectivity index (χ0) is 25.2. The van der Waals surface area contributed by atoms with E-state index in [1.54, 1.807) is 18.2 Å². The fourth-order valence-corrected chi connectivity index (χ4v) is 5.07. The van der Waals surface area contributed by atoms with Crippen molar-refractivity contribution in [3.05, 3.63) is 77.0 Å². The van der Waals surface area contributed by atoms with Gasteiger partial charge in [-0.15, -0.1) is 0 Å². The van der Waals surface area contributed by atoms with Crippen molar-refractivity contribution in [2.45, 2.75) is 36.9 Å². The zero-order valence-corrected chi connectivity index (χ0v) is 18.7. The molecule has 2 fully saturated rings. The van der Waals surface area contributed by atoms with E-state index >= 15 is 0 Å². The minimum atomic E-state index is -4.54. The fraction of sp³-hybridized carbons (Fsp3) is 0.269. The maximum absolute atomic E-state index is 13.0. The molecule has 0 bridgehead atoms. The molecule has 3 atom stereocenters. The predicted molar refractivity (Wildman–Crippen MR) is 122 cm³/mol. The largest absolute Gasteiger partial charge is 0.508 e. The van der Waals surface area contributed by atoms with Gasteiger partial charge in [0.2, 0.25) is 5.91 Å². The van der Waals surface area contributed by atoms with Crippen LogP contribution < -0.4 is 15.4 Å². The number of aromatic nitrogens is 1. The summed E-state index contributed by atoms with van der Waals surface area (Å²) in [6.45, 7) is 0. The molecule has 3 N–H and O–H groups in total. The molecular weight excluding hydrogens is 475 g/mol. The minimum absolute atomic E-state index is 0.0521. The van der Waals surface area contributed by atoms with Crippen LogP contribution >= 0.6 is 0 Å². The minimum Gasteiger partial charge on any atom is -0.508 e. The third-order valence-electron chi connectivity index (χ3n) is 7.14. The highest BCUT2D eigenvalue weighted by atomic mass is 19.4. The molecule has 1 aliphatic heterocycles. The summed E-state index contributed by atoms with van der Waals surface area (Å²) < 4.78 is 45.2. The van der Waals surface area contributed by atoms with Gasteiger partial charge in [0.1, 0.15) is 23.1 Å². The topological polar surface area (TPSA) is 101 Å². The number of carbonyl (C=O) groups is 2. The molecule has 10 heteroatoms. The number of hydrogen-bond acceptors (Lipinski definition) is 5. The van der Waals surface area contributed by atoms with Crippen molar-refractivity contribution >= 4 is 17.6 Å². The molecule has 184 valence electrons. The molecule has 1 aromatic heterocycles. The third kappa shape index (κ3) is 3.73. The Labute approximate surface area is 203 Å². The molecule has 2 heterocycles. The van der Waals surface area contributed by atoms with E-state index in [-0.39, 0.29) is 29.1 Å². The number of carbonyl (C=O) groups excluding carboxylic acids is 2. The number of phenolic OH excluding ortho intramolecular Hbond substituents is 1. The molecule has 2 amide bonds. The third-order valence-corrected chi connectivity index (χ3v) is 7.14. The highest BCUT2D eigenvalue weighted by Gasteiger charge is 2.80. The molecule has 3 aliphatic rings. The number of phenols is 1. The normalized spacial score (nSPS) is 23.7. The van der Waals surface area contributed by atoms with Crippen molar-refractivity contribution in [2.75, 3.05) is 5.32 Å². The lowest BCUT2D eigenvalue weighted by molar-refractivity contribution is -0.137. The number of ether oxygens (including phenoxy) is 1. The highest BCUT2D eigenvalue weighted by molar-refractivity contribution is 5.96. The molecule has 7 nitrogen and oxygen atoms in total. The number of benzene rings is 2. The number of rotatable bonds is 5. The lowest BCUT2D eigenvalue weighted by Crippen LogP contribution is -2.33. The summed E-state index contributed by atoms with van der Waals surface area (Å²) in [6, 6.07) is 10.9. The van der Waals surface area contributed by atoms with Crippen LogP contribution in [-0.2, 0) is 17.4 Å². The fourth-order valence-electron chi connectivity index (χ4n) is 5.07. The van der Waals surface area contributed by atoms with Crippen LogP contribution in [0.3, 0.4) is 0 Å². The summed E-state index contributed by atoms with van der Waals surface area (Å²) in [6.07, 6.45) is -1.50. The molecule has 2 saturated carbocycles. The van der Waals surface area contributed by atoms with Crippen molar-refractivity contribution in [2.24, 2.45) is 5.92 Å². The number of halogens is 3. The van der Waals surface area contributed by atoms with Crippen molar-refractivity contribution in [1.29, 1.82) is 0 Å². The molecule has 3 aromatic rings. The van der Waals surface area contributed by atoms with Gasteiger partial charge in [0.15, 0.2) is 0 Å². The first kappa shape index (κ1) is 22.4. The van der Waals surface area contributed by atoms with Crippen molar-refractivity contribution in [3.63, 3.8) is 0 Å². The molecule has 0 saturated heterocycles. The Hall–Kier alpha value is -4.08. The highest BCUT2D eigenvalue weighted by Crippen LogP contribution is 2.77. The van der Waals surface area contributed by atoms with E-state index in [1.807, 2.05) is 0 Å². The van der Waals surface area contributed by atoms with E-state index in [0.717, 1.165) is 17.7 Å². The van der Waals surface area contributed by atoms with E-state index in [0.29, 0.717) is 42.1 Å². The first-order valence-corrected chi connectivity index (χ1v) is 11.4. The second-order valence-corrected chi connectivity index (χ2v) is 9.37. The number of alkyl halides is 3. The van der Waals surface area contributed by atoms with Gasteiger partial charge >= 0.3 is 6.18 Å². The van der Waals surface area contributed by atoms with E-state index in [2.05, 4.69) is 15.6 Å². The van der Waals surface area contributed by atoms with E-state index in [4.69, 9.17) is 4.74 Å². The van der Waals surface area contributed by atoms with E-state index < -0.39 is 23.2 Å². The van der Waals surface area contributed by atoms with Crippen LogP contribution in [0.4, 0.5) is 19.0 Å². The Morgan fingerprint density at radius 3 is 2.78 bits per heavy atom. The number of amides is 2. The van der Waals surface area contributed by atoms with Gasteiger partial charge in [-0.2, -0.15) is 13.2 Å². The van der Waals surface area contributed by atoms with Gasteiger partial charge in [0.05, 0.1) is 11.1 Å². The monoisotopic (exact) mass is 495 g/mol. The van der Waals surface area contributed by atoms with Gasteiger partial charge in [-0.1, -0.05) is 6.07 Å². The van der Waals surface area contributed by atoms with Crippen molar-refractivity contribution < 1.29 is 32.6 Å². The van der Waals surface area contributed by atoms with Crippen molar-refractivity contribution in [3.8, 4) is 17.2 Å². The van der Waals surface area contributed by atoms with Gasteiger partial charge in [0.25, 0.3) is 5.91 Å². The number of nitrogens with one attached hydrogen (secondary N) is 2. The summed E-state index contributed by atoms with van der Waals surface area (Å²) >= 11 is 0. The first-order valence-electron chi connectivity index (χ1n) is 11.4. The molecule has 0 unspecified atom stereocenters. The van der Waals surface area contributed by atoms with Crippen LogP contribution in [0.2, 0.25) is 0 Å². The number of fused-ring (bicyclic) bond motifs is 2. The Morgan fingerprint density at radius 1 is 1.17 bits per heavy atom. The quantitative estimate of drug-likeness (QED) is 0.474. The molecule has 6 rings (SSSR count). The van der Waals surface area contributed by atoms with Gasteiger partial charge < -0.3 is 20.5 Å². The summed E-state index contributed by atoms with van der Waals surface area (Å²) in [5.74, 6) is 0.773. The summed E-state index contributed by atoms with van der Waals surface area (Å²) in [5, 5.41) is 16.1. The number of aromatic hydroxyl groups is 1. The average Bonchev–Trinajstić information content (AvgIpc) is 3.70. The lowest BCUT2D eigenvalue weighted by atomic mass is 9.99. The Bertz CT molecular complexity index is 1420. The first-order chi connectivity index (χ1) is 17.2. The number of hydrogen-bond donors (Lipinski definition) is 3. The lowest BCUT2D eigenvalue weighted by Gasteiger charge is -2.20. The van der Waals surface area contributed by atoms with Crippen LogP contribution in [0.1, 0.15) is 45.8 Å². The molecular formula is C26H20F3N3O4. The van der Waals surface area contributed by atoms with Crippen LogP contribution in [-0.4, -0.2) is 27.4 Å². The maximum Gasteiger partial charge on any atom is 0.416 e. The Kier molecular flexibility index (Phi) is 4.79. The molecule has 2 aromatic carbocycles. The number of nitrogens with zero attached hydrogens (tertiary/aromatic N) is 1. The average molecular weight is 495 g/mol. The Balaban J connectivity index is 1.20. The Morgan fingerprint density at radius 2 is 2.00 bits per heavy atom. The standard InChI is InChI=1S/C26H20F3N3O4/c27-26(28,29)14-3-1-2-13(10-14)24(35)32-25-12-18(25)22(25)17-11-15(4-6-19(17)33)36-20-8-9-30-23-16(20)5-7-21(34)31-23/h1-4,6,8-11,18,22,33H,5,7,12H2,(H,32,35)(H,30,31,34)/t18-,22+,25-/m0/s1. The maximum atomic E-state index is 13.0. The predicted octanol–water partition coefficient (Wildman–Crippen LogP) is 4.77. The zero-order valence-electron chi connectivity index (χ0n) is 18.7. The molecule has 0 spiro atoms. The molecule has 2 aliphatic carbocycles. The molecule has 0 radical (unpaired) electrons. The summed E-state index contributed by atoms with van der Waals surface area (Å²) in [5.41, 5.74) is -0.143. The van der Waals surface area contributed by atoms with Gasteiger partial charge in [-0.3, -0.25) is 9.59 Å². The second-order valence-electron chi connectivity index (χ2n) is 9.37. The second kappa shape index (κ2) is 7.71. The van der Waals surface area contributed by atoms with Gasteiger partial charge in [-0.25, -0.2) is 4.98 Å². The van der Waals surface area contributed by atoms with Crippen LogP contribution in [0.5, 0.6) is 17.2 Å². The number of anilines is 1. The van der Waals surface area contributed by atoms with Crippen LogP contribution in [0.15, 0.2) is 54.7 Å². The summed E-state index contributed by atoms with van der Waals surface area (Å²) in [4.78, 5) is 28.6. The van der Waals surface area contributed by atoms with Crippen LogP contribution in [0, 0.1) is 5.92 Å². The molecule has 36 heavy (non-hydrogen) atoms.